The molecule has 0 unspecified atom stereocenters. The van der Waals surface area contributed by atoms with Crippen LogP contribution in [0.25, 0.3) is 20.8 Å². The highest BCUT2D eigenvalue weighted by molar-refractivity contribution is 7.21. The van der Waals surface area contributed by atoms with Crippen molar-refractivity contribution in [3.63, 3.8) is 0 Å². The topological polar surface area (TPSA) is 64.0 Å². The number of halogens is 3. The number of nitrogens with one attached hydrogen (secondary N) is 1. The SMILES string of the molecule is Cc1ccc2nc(-c3ccc(NC(=O)Cn4cc(C(F)(F)F)ccc4=O)cc3)sc2c1. The predicted octanol–water partition coefficient (Wildman–Crippen LogP) is 5.09. The largest absolute Gasteiger partial charge is 0.417 e. The summed E-state index contributed by atoms with van der Waals surface area (Å²) < 4.78 is 40.3. The van der Waals surface area contributed by atoms with E-state index in [1.807, 2.05) is 19.1 Å². The zero-order valence-corrected chi connectivity index (χ0v) is 17.1. The van der Waals surface area contributed by atoms with Gasteiger partial charge in [-0.15, -0.1) is 11.3 Å². The Kier molecular flexibility index (Phi) is 5.36. The molecule has 2 heterocycles. The number of alkyl halides is 3. The van der Waals surface area contributed by atoms with Gasteiger partial charge in [0.1, 0.15) is 11.6 Å². The van der Waals surface area contributed by atoms with Gasteiger partial charge in [-0.05, 0) is 55.0 Å². The normalized spacial score (nSPS) is 11.6. The van der Waals surface area contributed by atoms with Gasteiger partial charge in [0.2, 0.25) is 5.91 Å². The van der Waals surface area contributed by atoms with Gasteiger partial charge in [-0.25, -0.2) is 4.98 Å². The first-order valence-corrected chi connectivity index (χ1v) is 10.1. The zero-order valence-electron chi connectivity index (χ0n) is 16.2. The Bertz CT molecular complexity index is 1320. The molecule has 0 aliphatic heterocycles. The lowest BCUT2D eigenvalue weighted by Crippen LogP contribution is -2.28. The zero-order chi connectivity index (χ0) is 22.2. The Balaban J connectivity index is 1.47. The fourth-order valence-electron chi connectivity index (χ4n) is 3.03. The first-order valence-electron chi connectivity index (χ1n) is 9.24. The van der Waals surface area contributed by atoms with Crippen molar-refractivity contribution < 1.29 is 18.0 Å². The molecule has 31 heavy (non-hydrogen) atoms. The van der Waals surface area contributed by atoms with Gasteiger partial charge in [0.05, 0.1) is 15.8 Å². The molecule has 0 atom stereocenters. The number of fused-ring (bicyclic) bond motifs is 1. The molecule has 158 valence electrons. The molecule has 0 fully saturated rings. The van der Waals surface area contributed by atoms with E-state index in [0.29, 0.717) is 18.0 Å². The molecule has 0 aliphatic carbocycles. The summed E-state index contributed by atoms with van der Waals surface area (Å²) in [6, 6.07) is 14.5. The molecule has 1 N–H and O–H groups in total. The fraction of sp³-hybridized carbons (Fsp3) is 0.136. The first kappa shape index (κ1) is 20.8. The molecule has 0 spiro atoms. The standard InChI is InChI=1S/C22H16F3N3O2S/c1-13-2-8-17-18(10-13)31-21(27-17)14-3-6-16(7-4-14)26-19(29)12-28-11-15(22(23,24)25)5-9-20(28)30/h2-11H,12H2,1H3,(H,26,29). The molecule has 2 aromatic heterocycles. The van der Waals surface area contributed by atoms with Crippen LogP contribution in [0.3, 0.4) is 0 Å². The summed E-state index contributed by atoms with van der Waals surface area (Å²) in [6.45, 7) is 1.49. The monoisotopic (exact) mass is 443 g/mol. The van der Waals surface area contributed by atoms with E-state index in [4.69, 9.17) is 0 Å². The summed E-state index contributed by atoms with van der Waals surface area (Å²) in [7, 11) is 0. The minimum atomic E-state index is -4.60. The van der Waals surface area contributed by atoms with Crippen molar-refractivity contribution in [2.75, 3.05) is 5.32 Å². The number of nitrogens with zero attached hydrogens (tertiary/aromatic N) is 2. The van der Waals surface area contributed by atoms with Crippen LogP contribution in [-0.4, -0.2) is 15.5 Å². The number of carbonyl (C=O) groups excluding carboxylic acids is 1. The third-order valence-electron chi connectivity index (χ3n) is 4.58. The van der Waals surface area contributed by atoms with Crippen LogP contribution in [0.15, 0.2) is 65.6 Å². The number of pyridine rings is 1. The molecule has 1 amide bonds. The fourth-order valence-corrected chi connectivity index (χ4v) is 4.10. The maximum absolute atomic E-state index is 12.8. The van der Waals surface area contributed by atoms with Crippen molar-refractivity contribution in [2.45, 2.75) is 19.6 Å². The smallest absolute Gasteiger partial charge is 0.325 e. The van der Waals surface area contributed by atoms with Crippen LogP contribution in [0.1, 0.15) is 11.1 Å². The Morgan fingerprint density at radius 3 is 2.55 bits per heavy atom. The van der Waals surface area contributed by atoms with E-state index in [-0.39, 0.29) is 0 Å². The lowest BCUT2D eigenvalue weighted by atomic mass is 10.2. The van der Waals surface area contributed by atoms with Crippen LogP contribution < -0.4 is 10.9 Å². The van der Waals surface area contributed by atoms with Crippen molar-refractivity contribution in [2.24, 2.45) is 0 Å². The minimum Gasteiger partial charge on any atom is -0.325 e. The number of thiazole rings is 1. The summed E-state index contributed by atoms with van der Waals surface area (Å²) in [5.41, 5.74) is 1.73. The number of amides is 1. The van der Waals surface area contributed by atoms with Crippen molar-refractivity contribution in [1.29, 1.82) is 0 Å². The maximum atomic E-state index is 12.8. The quantitative estimate of drug-likeness (QED) is 0.478. The highest BCUT2D eigenvalue weighted by Gasteiger charge is 2.31. The number of aromatic nitrogens is 2. The second-order valence-corrected chi connectivity index (χ2v) is 8.03. The van der Waals surface area contributed by atoms with E-state index in [1.165, 1.54) is 0 Å². The molecule has 4 rings (SSSR count). The molecule has 0 radical (unpaired) electrons. The van der Waals surface area contributed by atoms with Gasteiger partial charge < -0.3 is 9.88 Å². The van der Waals surface area contributed by atoms with Gasteiger partial charge in [0.15, 0.2) is 0 Å². The van der Waals surface area contributed by atoms with Crippen LogP contribution in [0.2, 0.25) is 0 Å². The van der Waals surface area contributed by atoms with Crippen molar-refractivity contribution in [1.82, 2.24) is 9.55 Å². The van der Waals surface area contributed by atoms with E-state index in [0.717, 1.165) is 37.0 Å². The van der Waals surface area contributed by atoms with E-state index in [2.05, 4.69) is 16.4 Å². The van der Waals surface area contributed by atoms with E-state index in [9.17, 15) is 22.8 Å². The van der Waals surface area contributed by atoms with Gasteiger partial charge in [0.25, 0.3) is 5.56 Å². The second-order valence-electron chi connectivity index (χ2n) is 7.00. The van der Waals surface area contributed by atoms with E-state index in [1.54, 1.807) is 35.6 Å². The number of anilines is 1. The Morgan fingerprint density at radius 1 is 1.10 bits per heavy atom. The Labute approximate surface area is 178 Å². The Morgan fingerprint density at radius 2 is 1.84 bits per heavy atom. The lowest BCUT2D eigenvalue weighted by molar-refractivity contribution is -0.138. The summed E-state index contributed by atoms with van der Waals surface area (Å²) in [4.78, 5) is 28.6. The number of hydrogen-bond donors (Lipinski definition) is 1. The van der Waals surface area contributed by atoms with E-state index < -0.39 is 29.8 Å². The van der Waals surface area contributed by atoms with Crippen LogP contribution in [0, 0.1) is 6.92 Å². The highest BCUT2D eigenvalue weighted by atomic mass is 32.1. The maximum Gasteiger partial charge on any atom is 0.417 e. The summed E-state index contributed by atoms with van der Waals surface area (Å²) in [5.74, 6) is -0.607. The van der Waals surface area contributed by atoms with Crippen LogP contribution in [-0.2, 0) is 17.5 Å². The second kappa shape index (κ2) is 7.99. The first-order chi connectivity index (χ1) is 14.7. The van der Waals surface area contributed by atoms with Crippen molar-refractivity contribution in [3.8, 4) is 10.6 Å². The molecular formula is C22H16F3N3O2S. The third kappa shape index (κ3) is 4.66. The number of aryl methyl sites for hydroxylation is 1. The molecule has 0 aliphatic rings. The summed E-state index contributed by atoms with van der Waals surface area (Å²) in [5, 5.41) is 3.43. The average Bonchev–Trinajstić information content (AvgIpc) is 3.12. The molecule has 9 heteroatoms. The molecule has 4 aromatic rings. The Hall–Kier alpha value is -3.46. The molecule has 5 nitrogen and oxygen atoms in total. The predicted molar refractivity (Wildman–Crippen MR) is 114 cm³/mol. The summed E-state index contributed by atoms with van der Waals surface area (Å²) in [6.07, 6.45) is -3.96. The molecular weight excluding hydrogens is 427 g/mol. The molecule has 0 saturated carbocycles. The van der Waals surface area contributed by atoms with E-state index >= 15 is 0 Å². The van der Waals surface area contributed by atoms with Crippen LogP contribution in [0.5, 0.6) is 0 Å². The van der Waals surface area contributed by atoms with Crippen LogP contribution >= 0.6 is 11.3 Å². The van der Waals surface area contributed by atoms with Crippen LogP contribution in [0.4, 0.5) is 18.9 Å². The van der Waals surface area contributed by atoms with Gasteiger partial charge in [-0.3, -0.25) is 9.59 Å². The number of rotatable bonds is 4. The van der Waals surface area contributed by atoms with Gasteiger partial charge >= 0.3 is 6.18 Å². The summed E-state index contributed by atoms with van der Waals surface area (Å²) >= 11 is 1.56. The number of carbonyl (C=O) groups is 1. The molecule has 0 saturated heterocycles. The lowest BCUT2D eigenvalue weighted by Gasteiger charge is -2.11. The van der Waals surface area contributed by atoms with Gasteiger partial charge in [-0.1, -0.05) is 6.07 Å². The molecule has 2 aromatic carbocycles. The molecule has 0 bridgehead atoms. The number of hydrogen-bond acceptors (Lipinski definition) is 4. The van der Waals surface area contributed by atoms with Crippen molar-refractivity contribution >= 4 is 33.1 Å². The van der Waals surface area contributed by atoms with Gasteiger partial charge in [0, 0.05) is 23.5 Å². The van der Waals surface area contributed by atoms with Gasteiger partial charge in [-0.2, -0.15) is 13.2 Å². The van der Waals surface area contributed by atoms with Crippen molar-refractivity contribution in [3.05, 3.63) is 82.3 Å². The average molecular weight is 443 g/mol. The third-order valence-corrected chi connectivity index (χ3v) is 5.65. The number of benzene rings is 2. The minimum absolute atomic E-state index is 0.464. The highest BCUT2D eigenvalue weighted by Crippen LogP contribution is 2.31.